The van der Waals surface area contributed by atoms with Gasteiger partial charge in [0.05, 0.1) is 6.04 Å². The van der Waals surface area contributed by atoms with Crippen LogP contribution in [0.2, 0.25) is 0 Å². The fraction of sp³-hybridized carbons (Fsp3) is 0.650. The average molecular weight is 349 g/mol. The molecule has 3 nitrogen and oxygen atoms in total. The van der Waals surface area contributed by atoms with Crippen molar-refractivity contribution in [3.8, 4) is 0 Å². The highest BCUT2D eigenvalue weighted by molar-refractivity contribution is 5.85. The molecule has 1 N–H and O–H groups in total. The average Bonchev–Trinajstić information content (AvgIpc) is 3.18. The molecule has 2 heterocycles. The Morgan fingerprint density at radius 2 is 1.88 bits per heavy atom. The fourth-order valence-electron chi connectivity index (χ4n) is 5.11. The monoisotopic (exact) mass is 348 g/mol. The van der Waals surface area contributed by atoms with Crippen molar-refractivity contribution in [3.63, 3.8) is 0 Å². The summed E-state index contributed by atoms with van der Waals surface area (Å²) in [4.78, 5) is 15.2. The molecule has 0 bridgehead atoms. The van der Waals surface area contributed by atoms with E-state index in [9.17, 15) is 4.79 Å². The van der Waals surface area contributed by atoms with Crippen molar-refractivity contribution in [2.75, 3.05) is 6.54 Å². The number of hydrogen-bond donors (Lipinski definition) is 1. The van der Waals surface area contributed by atoms with Gasteiger partial charge in [0.15, 0.2) is 0 Å². The number of likely N-dealkylation sites (tertiary alicyclic amines) is 1. The Morgan fingerprint density at radius 3 is 2.62 bits per heavy atom. The van der Waals surface area contributed by atoms with Gasteiger partial charge in [0.1, 0.15) is 0 Å². The third kappa shape index (κ3) is 3.21. The number of benzene rings is 1. The maximum absolute atomic E-state index is 13.0. The van der Waals surface area contributed by atoms with Gasteiger partial charge in [0.2, 0.25) is 5.91 Å². The molecule has 4 rings (SSSR count). The van der Waals surface area contributed by atoms with Crippen LogP contribution < -0.4 is 5.32 Å². The van der Waals surface area contributed by atoms with Gasteiger partial charge in [-0.1, -0.05) is 43.2 Å². The van der Waals surface area contributed by atoms with Crippen LogP contribution in [0.15, 0.2) is 30.3 Å². The molecule has 1 aliphatic carbocycles. The van der Waals surface area contributed by atoms with E-state index in [4.69, 9.17) is 0 Å². The minimum absolute atomic E-state index is 0. The number of rotatable bonds is 2. The van der Waals surface area contributed by atoms with Crippen molar-refractivity contribution in [3.05, 3.63) is 35.9 Å². The van der Waals surface area contributed by atoms with E-state index in [1.54, 1.807) is 0 Å². The highest BCUT2D eigenvalue weighted by atomic mass is 35.5. The molecule has 1 aromatic rings. The van der Waals surface area contributed by atoms with E-state index in [1.807, 2.05) is 0 Å². The smallest absolute Gasteiger partial charge is 0.239 e. The molecule has 132 valence electrons. The van der Waals surface area contributed by atoms with E-state index in [1.165, 1.54) is 31.2 Å². The molecule has 0 aromatic heterocycles. The number of halogens is 1. The maximum Gasteiger partial charge on any atom is 0.239 e. The van der Waals surface area contributed by atoms with Gasteiger partial charge in [0, 0.05) is 24.5 Å². The van der Waals surface area contributed by atoms with Gasteiger partial charge in [-0.25, -0.2) is 0 Å². The first-order chi connectivity index (χ1) is 11.2. The molecule has 1 saturated carbocycles. The summed E-state index contributed by atoms with van der Waals surface area (Å²) in [6.45, 7) is 3.14. The van der Waals surface area contributed by atoms with E-state index in [0.29, 0.717) is 23.9 Å². The standard InChI is InChI=1S/C20H28N2O.ClH/c1-14-17(15-7-3-2-4-8-15)11-12-22(14)20(23)19-13-16-9-5-6-10-18(16)21-19;/h2-4,7-8,14,16-19,21H,5-6,9-13H2,1H3;1H. The number of amides is 1. The maximum atomic E-state index is 13.0. The molecule has 4 heteroatoms. The van der Waals surface area contributed by atoms with E-state index < -0.39 is 0 Å². The molecule has 5 unspecified atom stereocenters. The fourth-order valence-corrected chi connectivity index (χ4v) is 5.11. The van der Waals surface area contributed by atoms with E-state index >= 15 is 0 Å². The summed E-state index contributed by atoms with van der Waals surface area (Å²) < 4.78 is 0. The first-order valence-electron chi connectivity index (χ1n) is 9.35. The van der Waals surface area contributed by atoms with Crippen molar-refractivity contribution in [2.45, 2.75) is 69.5 Å². The van der Waals surface area contributed by atoms with Crippen molar-refractivity contribution >= 4 is 18.3 Å². The van der Waals surface area contributed by atoms with Crippen molar-refractivity contribution < 1.29 is 4.79 Å². The summed E-state index contributed by atoms with van der Waals surface area (Å²) in [5.41, 5.74) is 1.38. The van der Waals surface area contributed by atoms with E-state index in [0.717, 1.165) is 25.3 Å². The summed E-state index contributed by atoms with van der Waals surface area (Å²) in [5, 5.41) is 3.65. The lowest BCUT2D eigenvalue weighted by Gasteiger charge is -2.28. The first-order valence-corrected chi connectivity index (χ1v) is 9.35. The zero-order valence-corrected chi connectivity index (χ0v) is 15.3. The van der Waals surface area contributed by atoms with Gasteiger partial charge < -0.3 is 10.2 Å². The van der Waals surface area contributed by atoms with Crippen molar-refractivity contribution in [2.24, 2.45) is 5.92 Å². The van der Waals surface area contributed by atoms with Gasteiger partial charge in [-0.3, -0.25) is 4.79 Å². The highest BCUT2D eigenvalue weighted by Gasteiger charge is 2.43. The quantitative estimate of drug-likeness (QED) is 0.883. The molecule has 3 fully saturated rings. The Kier molecular flexibility index (Phi) is 5.51. The lowest BCUT2D eigenvalue weighted by Crippen LogP contribution is -2.47. The van der Waals surface area contributed by atoms with E-state index in [2.05, 4.69) is 47.5 Å². The Balaban J connectivity index is 0.00000169. The minimum Gasteiger partial charge on any atom is -0.338 e. The highest BCUT2D eigenvalue weighted by Crippen LogP contribution is 2.37. The number of hydrogen-bond acceptors (Lipinski definition) is 2. The molecule has 3 aliphatic rings. The molecule has 24 heavy (non-hydrogen) atoms. The molecular weight excluding hydrogens is 320 g/mol. The van der Waals surface area contributed by atoms with Crippen LogP contribution >= 0.6 is 12.4 Å². The topological polar surface area (TPSA) is 32.3 Å². The molecule has 5 atom stereocenters. The summed E-state index contributed by atoms with van der Waals surface area (Å²) in [5.74, 6) is 1.58. The summed E-state index contributed by atoms with van der Waals surface area (Å²) >= 11 is 0. The third-order valence-electron chi connectivity index (χ3n) is 6.43. The second-order valence-corrected chi connectivity index (χ2v) is 7.68. The first kappa shape index (κ1) is 17.8. The molecule has 0 spiro atoms. The number of fused-ring (bicyclic) bond motifs is 1. The summed E-state index contributed by atoms with van der Waals surface area (Å²) in [7, 11) is 0. The van der Waals surface area contributed by atoms with Gasteiger partial charge in [-0.05, 0) is 44.1 Å². The second-order valence-electron chi connectivity index (χ2n) is 7.68. The predicted octanol–water partition coefficient (Wildman–Crippen LogP) is 3.73. The van der Waals surface area contributed by atoms with Crippen molar-refractivity contribution in [1.82, 2.24) is 10.2 Å². The second kappa shape index (κ2) is 7.45. The molecule has 1 aromatic carbocycles. The van der Waals surface area contributed by atoms with Gasteiger partial charge in [0.25, 0.3) is 0 Å². The van der Waals surface area contributed by atoms with Crippen LogP contribution in [0, 0.1) is 5.92 Å². The molecular formula is C20H29ClN2O. The Hall–Kier alpha value is -1.06. The van der Waals surface area contributed by atoms with Gasteiger partial charge in [-0.2, -0.15) is 0 Å². The van der Waals surface area contributed by atoms with Crippen LogP contribution in [0.4, 0.5) is 0 Å². The Labute approximate surface area is 151 Å². The normalized spacial score (nSPS) is 35.4. The zero-order valence-electron chi connectivity index (χ0n) is 14.5. The SMILES string of the molecule is CC1C(c2ccccc2)CCN1C(=O)C1CC2CCCCC2N1.Cl. The van der Waals surface area contributed by atoms with Crippen LogP contribution in [0.5, 0.6) is 0 Å². The summed E-state index contributed by atoms with van der Waals surface area (Å²) in [6, 6.07) is 11.7. The number of nitrogens with one attached hydrogen (secondary N) is 1. The predicted molar refractivity (Wildman–Crippen MR) is 99.5 cm³/mol. The number of carbonyl (C=O) groups excluding carboxylic acids is 1. The summed E-state index contributed by atoms with van der Waals surface area (Å²) in [6.07, 6.45) is 7.39. The van der Waals surface area contributed by atoms with Gasteiger partial charge in [-0.15, -0.1) is 12.4 Å². The Morgan fingerprint density at radius 1 is 1.12 bits per heavy atom. The largest absolute Gasteiger partial charge is 0.338 e. The molecule has 0 radical (unpaired) electrons. The minimum atomic E-state index is 0. The van der Waals surface area contributed by atoms with Crippen LogP contribution in [0.25, 0.3) is 0 Å². The molecule has 2 saturated heterocycles. The number of nitrogens with zero attached hydrogens (tertiary/aromatic N) is 1. The van der Waals surface area contributed by atoms with Crippen LogP contribution in [-0.2, 0) is 4.79 Å². The molecule has 1 amide bonds. The van der Waals surface area contributed by atoms with E-state index in [-0.39, 0.29) is 18.4 Å². The van der Waals surface area contributed by atoms with Gasteiger partial charge >= 0.3 is 0 Å². The Bertz CT molecular complexity index is 550. The number of carbonyl (C=O) groups is 1. The third-order valence-corrected chi connectivity index (χ3v) is 6.43. The van der Waals surface area contributed by atoms with Crippen LogP contribution in [0.3, 0.4) is 0 Å². The molecule has 2 aliphatic heterocycles. The van der Waals surface area contributed by atoms with Crippen LogP contribution in [0.1, 0.15) is 56.9 Å². The van der Waals surface area contributed by atoms with Crippen LogP contribution in [-0.4, -0.2) is 35.5 Å². The lowest BCUT2D eigenvalue weighted by molar-refractivity contribution is -0.133. The van der Waals surface area contributed by atoms with Crippen molar-refractivity contribution in [1.29, 1.82) is 0 Å². The lowest BCUT2D eigenvalue weighted by atomic mass is 9.85. The zero-order chi connectivity index (χ0) is 15.8.